The third-order valence-electron chi connectivity index (χ3n) is 3.68. The lowest BCUT2D eigenvalue weighted by atomic mass is 10.1. The van der Waals surface area contributed by atoms with Crippen molar-refractivity contribution >= 4 is 11.9 Å². The Morgan fingerprint density at radius 3 is 2.36 bits per heavy atom. The second-order valence-corrected chi connectivity index (χ2v) is 5.47. The molecule has 0 atom stereocenters. The summed E-state index contributed by atoms with van der Waals surface area (Å²) in [5, 5.41) is 8.85. The van der Waals surface area contributed by atoms with E-state index in [2.05, 4.69) is 22.1 Å². The molecule has 0 unspecified atom stereocenters. The van der Waals surface area contributed by atoms with Crippen molar-refractivity contribution in [2.75, 3.05) is 26.8 Å². The first-order valence-corrected chi connectivity index (χ1v) is 7.99. The molecule has 2 aromatic rings. The number of aromatic carboxylic acids is 1. The number of hydrogen-bond acceptors (Lipinski definition) is 5. The van der Waals surface area contributed by atoms with Crippen LogP contribution in [0.3, 0.4) is 0 Å². The molecule has 7 heteroatoms. The summed E-state index contributed by atoms with van der Waals surface area (Å²) in [6, 6.07) is 10.1. The van der Waals surface area contributed by atoms with Gasteiger partial charge in [0.15, 0.2) is 5.69 Å². The smallest absolute Gasteiger partial charge is 0.356 e. The number of rotatable bonds is 9. The molecule has 0 saturated heterocycles. The van der Waals surface area contributed by atoms with Crippen molar-refractivity contribution in [2.45, 2.75) is 12.8 Å². The maximum atomic E-state index is 12.6. The Labute approximate surface area is 146 Å². The summed E-state index contributed by atoms with van der Waals surface area (Å²) in [7, 11) is 1.58. The summed E-state index contributed by atoms with van der Waals surface area (Å²) in [5.74, 6) is -1.46. The maximum Gasteiger partial charge on any atom is 0.356 e. The molecule has 0 bridgehead atoms. The number of carbonyl (C=O) groups is 2. The number of carboxylic acids is 1. The number of aryl methyl sites for hydroxylation is 1. The van der Waals surface area contributed by atoms with Gasteiger partial charge in [-0.05, 0) is 18.4 Å². The molecule has 0 aliphatic rings. The minimum absolute atomic E-state index is 0.126. The molecule has 1 heterocycles. The summed E-state index contributed by atoms with van der Waals surface area (Å²) in [4.78, 5) is 32.7. The first-order chi connectivity index (χ1) is 12.1. The number of methoxy groups -OCH3 is 1. The molecular formula is C18H21N3O4. The molecule has 0 saturated carbocycles. The van der Waals surface area contributed by atoms with Crippen LogP contribution in [0.2, 0.25) is 0 Å². The molecule has 0 aliphatic carbocycles. The van der Waals surface area contributed by atoms with Gasteiger partial charge in [-0.1, -0.05) is 30.3 Å². The highest BCUT2D eigenvalue weighted by molar-refractivity contribution is 5.92. The van der Waals surface area contributed by atoms with E-state index >= 15 is 0 Å². The highest BCUT2D eigenvalue weighted by Crippen LogP contribution is 2.07. The summed E-state index contributed by atoms with van der Waals surface area (Å²) in [6.07, 6.45) is 3.96. The van der Waals surface area contributed by atoms with Gasteiger partial charge in [0.25, 0.3) is 5.91 Å². The number of carboxylic acid groups (broad SMARTS) is 1. The summed E-state index contributed by atoms with van der Waals surface area (Å²) in [5.41, 5.74) is 1.15. The fourth-order valence-corrected chi connectivity index (χ4v) is 2.35. The van der Waals surface area contributed by atoms with Gasteiger partial charge in [-0.3, -0.25) is 4.79 Å². The average Bonchev–Trinajstić information content (AvgIpc) is 2.65. The first-order valence-electron chi connectivity index (χ1n) is 7.99. The van der Waals surface area contributed by atoms with E-state index in [9.17, 15) is 9.59 Å². The number of carbonyl (C=O) groups excluding carboxylic acids is 1. The monoisotopic (exact) mass is 343 g/mol. The van der Waals surface area contributed by atoms with E-state index < -0.39 is 5.97 Å². The fraction of sp³-hybridized carbons (Fsp3) is 0.333. The normalized spacial score (nSPS) is 10.4. The SMILES string of the molecule is COCCN(CCCc1ccccc1)C(=O)c1cnc(C(=O)O)cn1. The van der Waals surface area contributed by atoms with E-state index in [1.165, 1.54) is 11.8 Å². The summed E-state index contributed by atoms with van der Waals surface area (Å²) < 4.78 is 5.07. The van der Waals surface area contributed by atoms with Gasteiger partial charge in [0.2, 0.25) is 0 Å². The number of aromatic nitrogens is 2. The van der Waals surface area contributed by atoms with Crippen LogP contribution in [0, 0.1) is 0 Å². The van der Waals surface area contributed by atoms with Crippen LogP contribution in [-0.4, -0.2) is 58.7 Å². The lowest BCUT2D eigenvalue weighted by Crippen LogP contribution is -2.35. The van der Waals surface area contributed by atoms with E-state index in [4.69, 9.17) is 9.84 Å². The Morgan fingerprint density at radius 2 is 1.76 bits per heavy atom. The minimum Gasteiger partial charge on any atom is -0.476 e. The van der Waals surface area contributed by atoms with Crippen molar-refractivity contribution in [1.82, 2.24) is 14.9 Å². The van der Waals surface area contributed by atoms with Crippen LogP contribution in [0.1, 0.15) is 33.0 Å². The zero-order chi connectivity index (χ0) is 18.1. The standard InChI is InChI=1S/C18H21N3O4/c1-25-11-10-21(9-5-8-14-6-3-2-4-7-14)17(22)15-12-20-16(13-19-15)18(23)24/h2-4,6-7,12-13H,5,8-11H2,1H3,(H,23,24). The van der Waals surface area contributed by atoms with Crippen LogP contribution in [0.4, 0.5) is 0 Å². The number of benzene rings is 1. The molecule has 25 heavy (non-hydrogen) atoms. The molecule has 1 amide bonds. The van der Waals surface area contributed by atoms with E-state index in [0.29, 0.717) is 19.7 Å². The predicted octanol–water partition coefficient (Wildman–Crippen LogP) is 1.90. The second-order valence-electron chi connectivity index (χ2n) is 5.47. The fourth-order valence-electron chi connectivity index (χ4n) is 2.35. The van der Waals surface area contributed by atoms with Gasteiger partial charge < -0.3 is 14.7 Å². The van der Waals surface area contributed by atoms with Gasteiger partial charge in [-0.15, -0.1) is 0 Å². The molecular weight excluding hydrogens is 322 g/mol. The predicted molar refractivity (Wildman–Crippen MR) is 91.5 cm³/mol. The van der Waals surface area contributed by atoms with Crippen LogP contribution < -0.4 is 0 Å². The summed E-state index contributed by atoms with van der Waals surface area (Å²) in [6.45, 7) is 1.41. The van der Waals surface area contributed by atoms with Crippen LogP contribution >= 0.6 is 0 Å². The van der Waals surface area contributed by atoms with Crippen molar-refractivity contribution in [1.29, 1.82) is 0 Å². The third kappa shape index (κ3) is 5.65. The lowest BCUT2D eigenvalue weighted by molar-refractivity contribution is 0.0672. The molecule has 1 aromatic heterocycles. The van der Waals surface area contributed by atoms with Crippen LogP contribution in [0.5, 0.6) is 0 Å². The number of hydrogen-bond donors (Lipinski definition) is 1. The topological polar surface area (TPSA) is 92.6 Å². The third-order valence-corrected chi connectivity index (χ3v) is 3.68. The van der Waals surface area contributed by atoms with Crippen molar-refractivity contribution in [3.05, 3.63) is 59.7 Å². The highest BCUT2D eigenvalue weighted by Gasteiger charge is 2.18. The quantitative estimate of drug-likeness (QED) is 0.747. The zero-order valence-corrected chi connectivity index (χ0v) is 14.1. The van der Waals surface area contributed by atoms with E-state index in [1.807, 2.05) is 18.2 Å². The maximum absolute atomic E-state index is 12.6. The van der Waals surface area contributed by atoms with Crippen molar-refractivity contribution in [3.8, 4) is 0 Å². The van der Waals surface area contributed by atoms with Crippen molar-refractivity contribution < 1.29 is 19.4 Å². The van der Waals surface area contributed by atoms with E-state index in [-0.39, 0.29) is 17.3 Å². The molecule has 1 N–H and O–H groups in total. The summed E-state index contributed by atoms with van der Waals surface area (Å²) >= 11 is 0. The highest BCUT2D eigenvalue weighted by atomic mass is 16.5. The van der Waals surface area contributed by atoms with Crippen molar-refractivity contribution in [3.63, 3.8) is 0 Å². The van der Waals surface area contributed by atoms with Gasteiger partial charge in [0.05, 0.1) is 19.0 Å². The van der Waals surface area contributed by atoms with Gasteiger partial charge in [-0.2, -0.15) is 0 Å². The van der Waals surface area contributed by atoms with Gasteiger partial charge in [-0.25, -0.2) is 14.8 Å². The molecule has 132 valence electrons. The zero-order valence-electron chi connectivity index (χ0n) is 14.1. The molecule has 1 aromatic carbocycles. The molecule has 0 aliphatic heterocycles. The van der Waals surface area contributed by atoms with Gasteiger partial charge in [0.1, 0.15) is 5.69 Å². The van der Waals surface area contributed by atoms with Crippen LogP contribution in [-0.2, 0) is 11.2 Å². The number of nitrogens with zero attached hydrogens (tertiary/aromatic N) is 3. The van der Waals surface area contributed by atoms with Gasteiger partial charge in [0, 0.05) is 20.2 Å². The van der Waals surface area contributed by atoms with Crippen molar-refractivity contribution in [2.24, 2.45) is 0 Å². The van der Waals surface area contributed by atoms with E-state index in [1.54, 1.807) is 12.0 Å². The van der Waals surface area contributed by atoms with Crippen LogP contribution in [0.25, 0.3) is 0 Å². The number of ether oxygens (including phenoxy) is 1. The average molecular weight is 343 g/mol. The van der Waals surface area contributed by atoms with Crippen LogP contribution in [0.15, 0.2) is 42.7 Å². The molecule has 0 spiro atoms. The largest absolute Gasteiger partial charge is 0.476 e. The Balaban J connectivity index is 1.99. The Morgan fingerprint density at radius 1 is 1.08 bits per heavy atom. The molecule has 0 fully saturated rings. The minimum atomic E-state index is -1.18. The molecule has 0 radical (unpaired) electrons. The Kier molecular flexibility index (Phi) is 7.03. The second kappa shape index (κ2) is 9.48. The van der Waals surface area contributed by atoms with E-state index in [0.717, 1.165) is 19.0 Å². The number of amides is 1. The molecule has 2 rings (SSSR count). The Hall–Kier alpha value is -2.80. The molecule has 7 nitrogen and oxygen atoms in total. The van der Waals surface area contributed by atoms with Gasteiger partial charge >= 0.3 is 5.97 Å². The lowest BCUT2D eigenvalue weighted by Gasteiger charge is -2.22. The first kappa shape index (κ1) is 18.5. The Bertz CT molecular complexity index is 689.